The second-order valence-corrected chi connectivity index (χ2v) is 9.77. The molecule has 1 saturated heterocycles. The first-order valence-electron chi connectivity index (χ1n) is 13.1. The summed E-state index contributed by atoms with van der Waals surface area (Å²) < 4.78 is 17.3. The number of aryl methyl sites for hydroxylation is 2. The average Bonchev–Trinajstić information content (AvgIpc) is 2.96. The van der Waals surface area contributed by atoms with Crippen molar-refractivity contribution in [1.29, 1.82) is 0 Å². The Morgan fingerprint density at radius 3 is 2.60 bits per heavy atom. The largest absolute Gasteiger partial charge is 0.490 e. The van der Waals surface area contributed by atoms with Crippen LogP contribution in [0.15, 0.2) is 48.7 Å². The van der Waals surface area contributed by atoms with Gasteiger partial charge in [-0.1, -0.05) is 23.7 Å². The number of amides is 3. The molecule has 0 aliphatic carbocycles. The maximum atomic E-state index is 12.8. The lowest BCUT2D eigenvalue weighted by molar-refractivity contribution is 0.0323. The fraction of sp³-hybridized carbons (Fsp3) is 0.345. The van der Waals surface area contributed by atoms with E-state index in [-0.39, 0.29) is 17.6 Å². The number of nitrogens with one attached hydrogen (secondary N) is 3. The fourth-order valence-electron chi connectivity index (χ4n) is 4.13. The van der Waals surface area contributed by atoms with Crippen LogP contribution >= 0.6 is 11.6 Å². The fourth-order valence-corrected chi connectivity index (χ4v) is 4.28. The van der Waals surface area contributed by atoms with Crippen LogP contribution in [0.5, 0.6) is 17.2 Å². The minimum atomic E-state index is -0.365. The van der Waals surface area contributed by atoms with Crippen LogP contribution in [-0.4, -0.2) is 68.3 Å². The van der Waals surface area contributed by atoms with Gasteiger partial charge in [0, 0.05) is 56.6 Å². The smallest absolute Gasteiger partial charge is 0.319 e. The Labute approximate surface area is 239 Å². The van der Waals surface area contributed by atoms with Gasteiger partial charge in [0.15, 0.2) is 0 Å². The quantitative estimate of drug-likeness (QED) is 0.330. The minimum absolute atomic E-state index is 0.269. The summed E-state index contributed by atoms with van der Waals surface area (Å²) in [6.07, 6.45) is 1.52. The van der Waals surface area contributed by atoms with Crippen molar-refractivity contribution in [3.8, 4) is 17.2 Å². The van der Waals surface area contributed by atoms with Crippen LogP contribution in [0.3, 0.4) is 0 Å². The average molecular weight is 568 g/mol. The van der Waals surface area contributed by atoms with Crippen LogP contribution in [-0.2, 0) is 11.3 Å². The number of pyridine rings is 1. The van der Waals surface area contributed by atoms with Gasteiger partial charge in [0.05, 0.1) is 18.9 Å². The molecule has 2 heterocycles. The lowest BCUT2D eigenvalue weighted by atomic mass is 10.1. The monoisotopic (exact) mass is 567 g/mol. The summed E-state index contributed by atoms with van der Waals surface area (Å²) in [5.41, 5.74) is 3.43. The van der Waals surface area contributed by atoms with Crippen molar-refractivity contribution in [3.63, 3.8) is 0 Å². The molecule has 3 N–H and O–H groups in total. The number of anilines is 1. The maximum Gasteiger partial charge on any atom is 0.319 e. The summed E-state index contributed by atoms with van der Waals surface area (Å²) in [7, 11) is 1.55. The van der Waals surface area contributed by atoms with Crippen LogP contribution in [0.2, 0.25) is 5.02 Å². The number of aromatic nitrogens is 1. The molecular weight excluding hydrogens is 534 g/mol. The first-order valence-corrected chi connectivity index (χ1v) is 13.4. The van der Waals surface area contributed by atoms with Gasteiger partial charge in [-0.25, -0.2) is 4.79 Å². The zero-order chi connectivity index (χ0) is 28.5. The van der Waals surface area contributed by atoms with E-state index in [2.05, 4.69) is 25.8 Å². The molecule has 0 radical (unpaired) electrons. The topological polar surface area (TPSA) is 114 Å². The van der Waals surface area contributed by atoms with Crippen LogP contribution < -0.4 is 25.4 Å². The second kappa shape index (κ2) is 14.0. The van der Waals surface area contributed by atoms with Crippen molar-refractivity contribution in [2.75, 3.05) is 51.8 Å². The number of benzene rings is 2. The Kier molecular flexibility index (Phi) is 10.2. The summed E-state index contributed by atoms with van der Waals surface area (Å²) in [4.78, 5) is 30.9. The van der Waals surface area contributed by atoms with Crippen LogP contribution in [0.25, 0.3) is 0 Å². The van der Waals surface area contributed by atoms with Gasteiger partial charge in [-0.3, -0.25) is 14.7 Å². The summed E-state index contributed by atoms with van der Waals surface area (Å²) in [5, 5.41) is 8.88. The molecule has 0 unspecified atom stereocenters. The van der Waals surface area contributed by atoms with E-state index in [0.717, 1.165) is 49.5 Å². The summed E-state index contributed by atoms with van der Waals surface area (Å²) >= 11 is 6.33. The van der Waals surface area contributed by atoms with Gasteiger partial charge >= 0.3 is 6.03 Å². The number of rotatable bonds is 10. The molecule has 1 fully saturated rings. The van der Waals surface area contributed by atoms with Crippen molar-refractivity contribution >= 4 is 29.2 Å². The molecule has 0 atom stereocenters. The second-order valence-electron chi connectivity index (χ2n) is 9.37. The Bertz CT molecular complexity index is 1350. The van der Waals surface area contributed by atoms with Gasteiger partial charge in [-0.15, -0.1) is 0 Å². The highest BCUT2D eigenvalue weighted by molar-refractivity contribution is 6.31. The molecule has 3 amide bonds. The van der Waals surface area contributed by atoms with Gasteiger partial charge in [-0.2, -0.15) is 0 Å². The van der Waals surface area contributed by atoms with E-state index in [4.69, 9.17) is 25.8 Å². The molecular formula is C29H34ClN5O5. The number of halogens is 1. The summed E-state index contributed by atoms with van der Waals surface area (Å²) in [6, 6.07) is 12.1. The molecule has 11 heteroatoms. The van der Waals surface area contributed by atoms with E-state index in [1.165, 1.54) is 6.20 Å². The molecule has 3 aromatic rings. The van der Waals surface area contributed by atoms with E-state index >= 15 is 0 Å². The number of morpholine rings is 1. The zero-order valence-corrected chi connectivity index (χ0v) is 23.6. The van der Waals surface area contributed by atoms with Gasteiger partial charge < -0.3 is 30.2 Å². The molecule has 40 heavy (non-hydrogen) atoms. The Hall–Kier alpha value is -3.86. The highest BCUT2D eigenvalue weighted by atomic mass is 35.5. The third-order valence-electron chi connectivity index (χ3n) is 6.39. The Balaban J connectivity index is 1.33. The van der Waals surface area contributed by atoms with E-state index < -0.39 is 0 Å². The van der Waals surface area contributed by atoms with Crippen molar-refractivity contribution < 1.29 is 23.8 Å². The Morgan fingerprint density at radius 2 is 1.85 bits per heavy atom. The number of carbonyl (C=O) groups is 2. The predicted molar refractivity (Wildman–Crippen MR) is 154 cm³/mol. The molecule has 1 aliphatic rings. The number of ether oxygens (including phenoxy) is 3. The van der Waals surface area contributed by atoms with Crippen LogP contribution in [0.1, 0.15) is 27.2 Å². The lowest BCUT2D eigenvalue weighted by Gasteiger charge is -2.26. The molecule has 0 saturated carbocycles. The van der Waals surface area contributed by atoms with E-state index in [1.807, 2.05) is 32.0 Å². The molecule has 1 aliphatic heterocycles. The van der Waals surface area contributed by atoms with Crippen molar-refractivity contribution in [3.05, 3.63) is 76.1 Å². The SMILES string of the molecule is CNC(=O)c1cc(Oc2ccc(CNC(=O)Nc3cc(C)c(Cl)cc3OCCN3CCOCC3)cc2C)ccn1. The number of carbonyl (C=O) groups excluding carboxylic acids is 2. The normalized spacial score (nSPS) is 13.4. The Morgan fingerprint density at radius 1 is 1.05 bits per heavy atom. The van der Waals surface area contributed by atoms with Crippen LogP contribution in [0, 0.1) is 13.8 Å². The molecule has 2 aromatic carbocycles. The van der Waals surface area contributed by atoms with Gasteiger partial charge in [0.2, 0.25) is 0 Å². The molecule has 212 valence electrons. The van der Waals surface area contributed by atoms with Gasteiger partial charge in [0.25, 0.3) is 5.91 Å². The van der Waals surface area contributed by atoms with Crippen LogP contribution in [0.4, 0.5) is 10.5 Å². The molecule has 0 spiro atoms. The zero-order valence-electron chi connectivity index (χ0n) is 22.9. The third-order valence-corrected chi connectivity index (χ3v) is 6.80. The molecule has 0 bridgehead atoms. The van der Waals surface area contributed by atoms with Gasteiger partial charge in [-0.05, 0) is 48.7 Å². The standard InChI is InChI=1S/C29H34ClN5O5/c1-19-15-24(27(17-23(19)30)39-13-10-35-8-11-38-12-9-35)34-29(37)33-18-21-4-5-26(20(2)14-21)40-22-6-7-32-25(16-22)28(36)31-3/h4-7,14-17H,8-13,18H2,1-3H3,(H,31,36)(H2,33,34,37). The van der Waals surface area contributed by atoms with E-state index in [1.54, 1.807) is 31.3 Å². The van der Waals surface area contributed by atoms with Crippen molar-refractivity contribution in [2.24, 2.45) is 0 Å². The highest BCUT2D eigenvalue weighted by Crippen LogP contribution is 2.31. The van der Waals surface area contributed by atoms with E-state index in [0.29, 0.717) is 41.1 Å². The number of urea groups is 1. The van der Waals surface area contributed by atoms with Crippen molar-refractivity contribution in [2.45, 2.75) is 20.4 Å². The molecule has 10 nitrogen and oxygen atoms in total. The summed E-state index contributed by atoms with van der Waals surface area (Å²) in [6.45, 7) is 8.53. The first kappa shape index (κ1) is 29.1. The first-order chi connectivity index (χ1) is 19.3. The minimum Gasteiger partial charge on any atom is -0.490 e. The maximum absolute atomic E-state index is 12.8. The number of hydrogen-bond acceptors (Lipinski definition) is 7. The number of hydrogen-bond donors (Lipinski definition) is 3. The summed E-state index contributed by atoms with van der Waals surface area (Å²) in [5.74, 6) is 1.37. The van der Waals surface area contributed by atoms with E-state index in [9.17, 15) is 9.59 Å². The lowest BCUT2D eigenvalue weighted by Crippen LogP contribution is -2.38. The number of nitrogens with zero attached hydrogens (tertiary/aromatic N) is 2. The third kappa shape index (κ3) is 8.08. The predicted octanol–water partition coefficient (Wildman–Crippen LogP) is 4.54. The molecule has 1 aromatic heterocycles. The van der Waals surface area contributed by atoms with Crippen molar-refractivity contribution in [1.82, 2.24) is 20.5 Å². The highest BCUT2D eigenvalue weighted by Gasteiger charge is 2.14. The van der Waals surface area contributed by atoms with Gasteiger partial charge in [0.1, 0.15) is 29.5 Å². The molecule has 4 rings (SSSR count).